The maximum atomic E-state index is 12.2. The van der Waals surface area contributed by atoms with Gasteiger partial charge >= 0.3 is 0 Å². The molecule has 5 nitrogen and oxygen atoms in total. The van der Waals surface area contributed by atoms with Crippen molar-refractivity contribution < 1.29 is 14.3 Å². The van der Waals surface area contributed by atoms with E-state index in [0.29, 0.717) is 23.9 Å². The van der Waals surface area contributed by atoms with Crippen LogP contribution in [0.2, 0.25) is 0 Å². The largest absolute Gasteiger partial charge is 0.490 e. The smallest absolute Gasteiger partial charge is 0.286 e. The predicted octanol–water partition coefficient (Wildman–Crippen LogP) is 3.55. The van der Waals surface area contributed by atoms with Crippen LogP contribution in [0.3, 0.4) is 0 Å². The minimum Gasteiger partial charge on any atom is -0.490 e. The Kier molecular flexibility index (Phi) is 5.45. The summed E-state index contributed by atoms with van der Waals surface area (Å²) in [7, 11) is 0. The van der Waals surface area contributed by atoms with Crippen LogP contribution in [0.15, 0.2) is 28.1 Å². The van der Waals surface area contributed by atoms with Crippen LogP contribution in [0, 0.1) is 0 Å². The van der Waals surface area contributed by atoms with E-state index >= 15 is 0 Å². The van der Waals surface area contributed by atoms with Crippen molar-refractivity contribution in [3.8, 4) is 11.5 Å². The molecule has 1 saturated heterocycles. The van der Waals surface area contributed by atoms with E-state index in [1.54, 1.807) is 0 Å². The van der Waals surface area contributed by atoms with Crippen molar-refractivity contribution in [1.82, 2.24) is 4.90 Å². The first kappa shape index (κ1) is 16.9. The average Bonchev–Trinajstić information content (AvgIpc) is 3.21. The van der Waals surface area contributed by atoms with Gasteiger partial charge in [-0.1, -0.05) is 6.07 Å². The number of ether oxygens (including phenoxy) is 2. The SMILES string of the molecule is CCOc1ccc(/C=C2/SC(N3CCCC3)=NC2=O)cc1OCC. The number of amides is 1. The van der Waals surface area contributed by atoms with E-state index in [9.17, 15) is 4.79 Å². The molecule has 0 aromatic heterocycles. The minimum atomic E-state index is -0.159. The van der Waals surface area contributed by atoms with Gasteiger partial charge in [-0.25, -0.2) is 0 Å². The minimum absolute atomic E-state index is 0.159. The van der Waals surface area contributed by atoms with E-state index < -0.39 is 0 Å². The molecule has 2 aliphatic rings. The lowest BCUT2D eigenvalue weighted by atomic mass is 10.2. The topological polar surface area (TPSA) is 51.1 Å². The molecule has 0 bridgehead atoms. The molecule has 0 aliphatic carbocycles. The summed E-state index contributed by atoms with van der Waals surface area (Å²) in [5, 5.41) is 0.833. The summed E-state index contributed by atoms with van der Waals surface area (Å²) in [6.45, 7) is 7.01. The highest BCUT2D eigenvalue weighted by Gasteiger charge is 2.27. The second-order valence-corrected chi connectivity index (χ2v) is 6.59. The van der Waals surface area contributed by atoms with Gasteiger partial charge in [0.15, 0.2) is 16.7 Å². The molecule has 0 atom stereocenters. The van der Waals surface area contributed by atoms with Crippen LogP contribution >= 0.6 is 11.8 Å². The molecule has 1 aromatic rings. The summed E-state index contributed by atoms with van der Waals surface area (Å²) in [4.78, 5) is 19.2. The number of likely N-dealkylation sites (tertiary alicyclic amines) is 1. The lowest BCUT2D eigenvalue weighted by Crippen LogP contribution is -2.23. The second-order valence-electron chi connectivity index (χ2n) is 5.58. The number of rotatable bonds is 5. The van der Waals surface area contributed by atoms with Gasteiger partial charge in [0.1, 0.15) is 0 Å². The van der Waals surface area contributed by atoms with Crippen molar-refractivity contribution in [3.05, 3.63) is 28.7 Å². The van der Waals surface area contributed by atoms with Gasteiger partial charge in [-0.05, 0) is 62.2 Å². The zero-order valence-corrected chi connectivity index (χ0v) is 14.9. The molecule has 24 heavy (non-hydrogen) atoms. The number of hydrogen-bond acceptors (Lipinski definition) is 5. The molecule has 2 aliphatic heterocycles. The summed E-state index contributed by atoms with van der Waals surface area (Å²) in [5.74, 6) is 1.26. The highest BCUT2D eigenvalue weighted by molar-refractivity contribution is 8.18. The number of amidine groups is 1. The molecule has 2 heterocycles. The summed E-state index contributed by atoms with van der Waals surface area (Å²) in [5.41, 5.74) is 0.913. The number of nitrogens with zero attached hydrogens (tertiary/aromatic N) is 2. The molecule has 0 spiro atoms. The molecule has 0 unspecified atom stereocenters. The Bertz CT molecular complexity index is 679. The Morgan fingerprint density at radius 2 is 1.88 bits per heavy atom. The Morgan fingerprint density at radius 1 is 1.17 bits per heavy atom. The number of carbonyl (C=O) groups excluding carboxylic acids is 1. The van der Waals surface area contributed by atoms with Gasteiger partial charge in [0, 0.05) is 13.1 Å². The molecule has 1 amide bonds. The number of carbonyl (C=O) groups is 1. The predicted molar refractivity (Wildman–Crippen MR) is 97.6 cm³/mol. The summed E-state index contributed by atoms with van der Waals surface area (Å²) < 4.78 is 11.2. The Morgan fingerprint density at radius 3 is 2.58 bits per heavy atom. The van der Waals surface area contributed by atoms with E-state index in [1.807, 2.05) is 38.1 Å². The van der Waals surface area contributed by atoms with Gasteiger partial charge in [-0.2, -0.15) is 4.99 Å². The molecule has 0 saturated carbocycles. The fourth-order valence-corrected chi connectivity index (χ4v) is 3.72. The Balaban J connectivity index is 1.78. The maximum Gasteiger partial charge on any atom is 0.286 e. The Hall–Kier alpha value is -1.95. The third-order valence-corrected chi connectivity index (χ3v) is 4.90. The standard InChI is InChI=1S/C18H22N2O3S/c1-3-22-14-8-7-13(11-15(14)23-4-2)12-16-17(21)19-18(24-16)20-9-5-6-10-20/h7-8,11-12H,3-6,9-10H2,1-2H3/b16-12+. The normalized spacial score (nSPS) is 19.1. The van der Waals surface area contributed by atoms with E-state index in [2.05, 4.69) is 9.89 Å². The summed E-state index contributed by atoms with van der Waals surface area (Å²) in [6, 6.07) is 5.72. The zero-order valence-electron chi connectivity index (χ0n) is 14.1. The first-order valence-corrected chi connectivity index (χ1v) is 9.20. The van der Waals surface area contributed by atoms with E-state index in [4.69, 9.17) is 9.47 Å². The van der Waals surface area contributed by atoms with Crippen LogP contribution in [0.25, 0.3) is 6.08 Å². The van der Waals surface area contributed by atoms with Crippen molar-refractivity contribution in [2.24, 2.45) is 4.99 Å². The van der Waals surface area contributed by atoms with Crippen LogP contribution in [-0.2, 0) is 4.79 Å². The van der Waals surface area contributed by atoms with E-state index in [1.165, 1.54) is 24.6 Å². The highest BCUT2D eigenvalue weighted by Crippen LogP contribution is 2.34. The molecule has 0 N–H and O–H groups in total. The van der Waals surface area contributed by atoms with E-state index in [0.717, 1.165) is 29.6 Å². The zero-order chi connectivity index (χ0) is 16.9. The van der Waals surface area contributed by atoms with Crippen LogP contribution in [0.5, 0.6) is 11.5 Å². The lowest BCUT2D eigenvalue weighted by molar-refractivity contribution is -0.113. The molecule has 6 heteroatoms. The van der Waals surface area contributed by atoms with Crippen LogP contribution in [0.4, 0.5) is 0 Å². The number of aliphatic imine (C=N–C) groups is 1. The lowest BCUT2D eigenvalue weighted by Gasteiger charge is -2.14. The van der Waals surface area contributed by atoms with Gasteiger partial charge in [0.2, 0.25) is 0 Å². The van der Waals surface area contributed by atoms with Crippen LogP contribution in [0.1, 0.15) is 32.3 Å². The molecular formula is C18H22N2O3S. The first-order chi connectivity index (χ1) is 11.7. The van der Waals surface area contributed by atoms with Gasteiger partial charge < -0.3 is 14.4 Å². The van der Waals surface area contributed by atoms with Gasteiger partial charge in [-0.3, -0.25) is 4.79 Å². The second kappa shape index (κ2) is 7.75. The molecule has 3 rings (SSSR count). The number of hydrogen-bond donors (Lipinski definition) is 0. The molecule has 128 valence electrons. The molecule has 1 fully saturated rings. The van der Waals surface area contributed by atoms with Crippen molar-refractivity contribution in [2.75, 3.05) is 26.3 Å². The van der Waals surface area contributed by atoms with Crippen LogP contribution in [-0.4, -0.2) is 42.3 Å². The maximum absolute atomic E-state index is 12.2. The number of thioether (sulfide) groups is 1. The quantitative estimate of drug-likeness (QED) is 0.763. The van der Waals surface area contributed by atoms with E-state index in [-0.39, 0.29) is 5.91 Å². The van der Waals surface area contributed by atoms with Gasteiger partial charge in [0.25, 0.3) is 5.91 Å². The molecule has 1 aromatic carbocycles. The van der Waals surface area contributed by atoms with Crippen molar-refractivity contribution in [3.63, 3.8) is 0 Å². The monoisotopic (exact) mass is 346 g/mol. The van der Waals surface area contributed by atoms with Gasteiger partial charge in [0.05, 0.1) is 18.1 Å². The van der Waals surface area contributed by atoms with Gasteiger partial charge in [-0.15, -0.1) is 0 Å². The van der Waals surface area contributed by atoms with Crippen LogP contribution < -0.4 is 9.47 Å². The van der Waals surface area contributed by atoms with Crippen molar-refractivity contribution in [1.29, 1.82) is 0 Å². The number of benzene rings is 1. The molecule has 0 radical (unpaired) electrons. The summed E-state index contributed by atoms with van der Waals surface area (Å²) >= 11 is 1.46. The highest BCUT2D eigenvalue weighted by atomic mass is 32.2. The fraction of sp³-hybridized carbons (Fsp3) is 0.444. The Labute approximate surface area is 146 Å². The average molecular weight is 346 g/mol. The third kappa shape index (κ3) is 3.75. The van der Waals surface area contributed by atoms with Crippen molar-refractivity contribution >= 4 is 28.9 Å². The third-order valence-electron chi connectivity index (χ3n) is 3.85. The van der Waals surface area contributed by atoms with Crippen molar-refractivity contribution in [2.45, 2.75) is 26.7 Å². The molecular weight excluding hydrogens is 324 g/mol. The first-order valence-electron chi connectivity index (χ1n) is 8.38. The fourth-order valence-electron chi connectivity index (χ4n) is 2.75. The summed E-state index contributed by atoms with van der Waals surface area (Å²) in [6.07, 6.45) is 4.21.